The van der Waals surface area contributed by atoms with Crippen LogP contribution in [0.25, 0.3) is 0 Å². The molecule has 0 N–H and O–H groups in total. The molecule has 82 valence electrons. The molecule has 0 bridgehead atoms. The van der Waals surface area contributed by atoms with Crippen LogP contribution in [0.4, 0.5) is 0 Å². The van der Waals surface area contributed by atoms with Gasteiger partial charge < -0.3 is 0 Å². The summed E-state index contributed by atoms with van der Waals surface area (Å²) in [6.07, 6.45) is 3.15. The smallest absolute Gasteiger partial charge is 0.0132 e. The number of allylic oxidation sites excluding steroid dienone is 3. The topological polar surface area (TPSA) is 0 Å². The molecule has 0 heterocycles. The minimum absolute atomic E-state index is 0.209. The van der Waals surface area contributed by atoms with E-state index in [1.54, 1.807) is 0 Å². The molecule has 0 unspecified atom stereocenters. The zero-order valence-electron chi connectivity index (χ0n) is 11.0. The van der Waals surface area contributed by atoms with Gasteiger partial charge in [0.1, 0.15) is 0 Å². The maximum absolute atomic E-state index is 3.95. The summed E-state index contributed by atoms with van der Waals surface area (Å²) in [5, 5.41) is 0. The Labute approximate surface area is 90.1 Å². The van der Waals surface area contributed by atoms with Gasteiger partial charge in [-0.3, -0.25) is 0 Å². The zero-order chi connectivity index (χ0) is 11.6. The van der Waals surface area contributed by atoms with E-state index in [4.69, 9.17) is 0 Å². The Morgan fingerprint density at radius 2 is 1.43 bits per heavy atom. The molecule has 0 aromatic heterocycles. The third-order valence-electron chi connectivity index (χ3n) is 2.60. The third kappa shape index (κ3) is 3.32. The molecule has 0 radical (unpaired) electrons. The lowest BCUT2D eigenvalue weighted by molar-refractivity contribution is 0.442. The summed E-state index contributed by atoms with van der Waals surface area (Å²) in [4.78, 5) is 0. The molecular weight excluding hydrogens is 168 g/mol. The van der Waals surface area contributed by atoms with Gasteiger partial charge in [0, 0.05) is 0 Å². The summed E-state index contributed by atoms with van der Waals surface area (Å²) in [5.41, 5.74) is 3.40. The van der Waals surface area contributed by atoms with Crippen LogP contribution in [0.3, 0.4) is 0 Å². The van der Waals surface area contributed by atoms with Crippen LogP contribution in [-0.4, -0.2) is 0 Å². The highest BCUT2D eigenvalue weighted by Gasteiger charge is 2.24. The van der Waals surface area contributed by atoms with Crippen molar-refractivity contribution in [3.8, 4) is 0 Å². The number of hydrogen-bond donors (Lipinski definition) is 0. The number of hydrogen-bond acceptors (Lipinski definition) is 0. The molecule has 0 nitrogen and oxygen atoms in total. The molecule has 0 aliphatic carbocycles. The molecule has 0 aromatic carbocycles. The molecule has 0 aliphatic rings. The molecule has 0 spiro atoms. The van der Waals surface area contributed by atoms with Gasteiger partial charge in [-0.2, -0.15) is 0 Å². The highest BCUT2D eigenvalue weighted by atomic mass is 14.3. The van der Waals surface area contributed by atoms with E-state index in [0.717, 1.165) is 6.42 Å². The largest absolute Gasteiger partial charge is 0.0988 e. The molecule has 0 aliphatic heterocycles. The van der Waals surface area contributed by atoms with E-state index in [1.807, 2.05) is 6.08 Å². The van der Waals surface area contributed by atoms with Gasteiger partial charge in [0.25, 0.3) is 0 Å². The first kappa shape index (κ1) is 13.5. The molecule has 0 rings (SSSR count). The summed E-state index contributed by atoms with van der Waals surface area (Å²) >= 11 is 0. The maximum Gasteiger partial charge on any atom is -0.0132 e. The summed E-state index contributed by atoms with van der Waals surface area (Å²) in [5.74, 6) is 0. The first-order chi connectivity index (χ1) is 6.14. The van der Waals surface area contributed by atoms with Crippen LogP contribution in [0.5, 0.6) is 0 Å². The fourth-order valence-corrected chi connectivity index (χ4v) is 2.01. The monoisotopic (exact) mass is 194 g/mol. The fourth-order valence-electron chi connectivity index (χ4n) is 2.01. The van der Waals surface area contributed by atoms with Gasteiger partial charge in [-0.15, -0.1) is 0 Å². The fraction of sp³-hybridized carbons (Fsp3) is 0.714. The predicted molar refractivity (Wildman–Crippen MR) is 66.4 cm³/mol. The van der Waals surface area contributed by atoms with Crippen molar-refractivity contribution in [1.82, 2.24) is 0 Å². The quantitative estimate of drug-likeness (QED) is 0.544. The van der Waals surface area contributed by atoms with E-state index in [2.05, 4.69) is 55.0 Å². The van der Waals surface area contributed by atoms with Gasteiger partial charge in [-0.05, 0) is 22.8 Å². The minimum Gasteiger partial charge on any atom is -0.0988 e. The molecule has 0 atom stereocenters. The molecule has 0 heteroatoms. The van der Waals surface area contributed by atoms with Crippen molar-refractivity contribution in [1.29, 1.82) is 0 Å². The second-order valence-electron chi connectivity index (χ2n) is 5.95. The molecule has 0 saturated heterocycles. The Hall–Kier alpha value is -0.520. The van der Waals surface area contributed by atoms with Gasteiger partial charge in [-0.1, -0.05) is 66.7 Å². The Bertz CT molecular complexity index is 228. The van der Waals surface area contributed by atoms with Gasteiger partial charge >= 0.3 is 0 Å². The van der Waals surface area contributed by atoms with Gasteiger partial charge in [0.15, 0.2) is 0 Å². The van der Waals surface area contributed by atoms with Crippen LogP contribution in [0.2, 0.25) is 0 Å². The molecule has 14 heavy (non-hydrogen) atoms. The SMILES string of the molecule is C=C/C(=C(\CC)C(C)(C)C)C(C)(C)C. The van der Waals surface area contributed by atoms with E-state index in [0.29, 0.717) is 0 Å². The van der Waals surface area contributed by atoms with Crippen LogP contribution in [0.1, 0.15) is 54.9 Å². The van der Waals surface area contributed by atoms with Gasteiger partial charge in [-0.25, -0.2) is 0 Å². The van der Waals surface area contributed by atoms with Crippen LogP contribution in [0.15, 0.2) is 23.8 Å². The predicted octanol–water partition coefficient (Wildman–Crippen LogP) is 4.97. The molecular formula is C14H26. The lowest BCUT2D eigenvalue weighted by Gasteiger charge is -2.31. The zero-order valence-corrected chi connectivity index (χ0v) is 11.0. The van der Waals surface area contributed by atoms with Crippen molar-refractivity contribution in [3.05, 3.63) is 23.8 Å². The lowest BCUT2D eigenvalue weighted by Crippen LogP contribution is -2.18. The van der Waals surface area contributed by atoms with E-state index in [-0.39, 0.29) is 10.8 Å². The van der Waals surface area contributed by atoms with Gasteiger partial charge in [0.05, 0.1) is 0 Å². The van der Waals surface area contributed by atoms with Crippen molar-refractivity contribution in [2.24, 2.45) is 10.8 Å². The normalized spacial score (nSPS) is 15.1. The van der Waals surface area contributed by atoms with Crippen molar-refractivity contribution in [2.75, 3.05) is 0 Å². The van der Waals surface area contributed by atoms with Crippen LogP contribution >= 0.6 is 0 Å². The molecule has 0 saturated carbocycles. The summed E-state index contributed by atoms with van der Waals surface area (Å²) in [6.45, 7) is 19.8. The van der Waals surface area contributed by atoms with Crippen molar-refractivity contribution < 1.29 is 0 Å². The Morgan fingerprint density at radius 1 is 1.00 bits per heavy atom. The van der Waals surface area contributed by atoms with Crippen LogP contribution in [0, 0.1) is 10.8 Å². The second-order valence-corrected chi connectivity index (χ2v) is 5.95. The minimum atomic E-state index is 0.209. The first-order valence-corrected chi connectivity index (χ1v) is 5.51. The van der Waals surface area contributed by atoms with E-state index in [9.17, 15) is 0 Å². The maximum atomic E-state index is 3.95. The Morgan fingerprint density at radius 3 is 1.50 bits per heavy atom. The van der Waals surface area contributed by atoms with Crippen molar-refractivity contribution in [2.45, 2.75) is 54.9 Å². The summed E-state index contributed by atoms with van der Waals surface area (Å²) < 4.78 is 0. The Kier molecular flexibility index (Phi) is 4.17. The van der Waals surface area contributed by atoms with E-state index >= 15 is 0 Å². The van der Waals surface area contributed by atoms with Crippen molar-refractivity contribution in [3.63, 3.8) is 0 Å². The molecule has 0 aromatic rings. The average molecular weight is 194 g/mol. The second kappa shape index (κ2) is 4.33. The van der Waals surface area contributed by atoms with Crippen molar-refractivity contribution >= 4 is 0 Å². The first-order valence-electron chi connectivity index (χ1n) is 5.51. The highest BCUT2D eigenvalue weighted by molar-refractivity contribution is 5.32. The number of rotatable bonds is 2. The van der Waals surface area contributed by atoms with Crippen LogP contribution in [-0.2, 0) is 0 Å². The third-order valence-corrected chi connectivity index (χ3v) is 2.60. The van der Waals surface area contributed by atoms with Gasteiger partial charge in [0.2, 0.25) is 0 Å². The highest BCUT2D eigenvalue weighted by Crippen LogP contribution is 2.38. The van der Waals surface area contributed by atoms with E-state index < -0.39 is 0 Å². The standard InChI is InChI=1S/C14H26/c1-9-11(13(3,4)5)12(10-2)14(6,7)8/h9H,1,10H2,2-8H3/b12-11-. The summed E-state index contributed by atoms with van der Waals surface area (Å²) in [6, 6.07) is 0. The van der Waals surface area contributed by atoms with Crippen LogP contribution < -0.4 is 0 Å². The lowest BCUT2D eigenvalue weighted by atomic mass is 9.74. The average Bonchev–Trinajstić information content (AvgIpc) is 1.94. The Balaban J connectivity index is 5.48. The van der Waals surface area contributed by atoms with E-state index in [1.165, 1.54) is 11.1 Å². The summed E-state index contributed by atoms with van der Waals surface area (Å²) in [7, 11) is 0. The molecule has 0 amide bonds. The molecule has 0 fully saturated rings.